The van der Waals surface area contributed by atoms with Crippen LogP contribution in [0.2, 0.25) is 10.0 Å². The van der Waals surface area contributed by atoms with Gasteiger partial charge in [-0.15, -0.1) is 0 Å². The molecule has 0 N–H and O–H groups in total. The zero-order valence-electron chi connectivity index (χ0n) is 14.7. The van der Waals surface area contributed by atoms with Crippen LogP contribution >= 0.6 is 23.2 Å². The fourth-order valence-electron chi connectivity index (χ4n) is 3.47. The van der Waals surface area contributed by atoms with Gasteiger partial charge in [-0.2, -0.15) is 0 Å². The molecule has 1 aliphatic rings. The van der Waals surface area contributed by atoms with Gasteiger partial charge in [0.1, 0.15) is 5.82 Å². The predicted octanol–water partition coefficient (Wildman–Crippen LogP) is 5.11. The molecule has 0 amide bonds. The van der Waals surface area contributed by atoms with Crippen molar-refractivity contribution in [2.45, 2.75) is 26.8 Å². The number of rotatable bonds is 2. The molecule has 6 heteroatoms. The highest BCUT2D eigenvalue weighted by Crippen LogP contribution is 2.34. The Balaban J connectivity index is 1.93. The van der Waals surface area contributed by atoms with Crippen molar-refractivity contribution < 1.29 is 4.74 Å². The van der Waals surface area contributed by atoms with Crippen molar-refractivity contribution in [1.82, 2.24) is 14.5 Å². The van der Waals surface area contributed by atoms with Crippen LogP contribution in [0.25, 0.3) is 22.6 Å². The molecule has 0 unspecified atom stereocenters. The fourth-order valence-corrected chi connectivity index (χ4v) is 3.76. The Labute approximate surface area is 162 Å². The molecule has 0 spiro atoms. The number of aryl methyl sites for hydroxylation is 2. The molecule has 0 radical (unpaired) electrons. The first kappa shape index (κ1) is 17.5. The zero-order valence-corrected chi connectivity index (χ0v) is 16.2. The number of nitrogens with zero attached hydrogens (tertiary/aromatic N) is 3. The van der Waals surface area contributed by atoms with Crippen LogP contribution < -0.4 is 0 Å². The van der Waals surface area contributed by atoms with Crippen LogP contribution in [0.1, 0.15) is 17.1 Å². The van der Waals surface area contributed by atoms with E-state index in [9.17, 15) is 0 Å². The lowest BCUT2D eigenvalue weighted by molar-refractivity contribution is 0.140. The summed E-state index contributed by atoms with van der Waals surface area (Å²) in [6, 6.07) is 9.82. The van der Waals surface area contributed by atoms with E-state index in [1.165, 1.54) is 5.69 Å². The Kier molecular flexibility index (Phi) is 4.74. The minimum Gasteiger partial charge on any atom is -0.379 e. The highest BCUT2D eigenvalue weighted by molar-refractivity contribution is 6.42. The molecule has 4 rings (SSSR count). The third-order valence-corrected chi connectivity index (χ3v) is 5.29. The first-order valence-corrected chi connectivity index (χ1v) is 9.37. The summed E-state index contributed by atoms with van der Waals surface area (Å²) in [5.41, 5.74) is 6.20. The second-order valence-corrected chi connectivity index (χ2v) is 7.33. The Morgan fingerprint density at radius 1 is 0.923 bits per heavy atom. The van der Waals surface area contributed by atoms with Crippen LogP contribution in [0.5, 0.6) is 0 Å². The monoisotopic (exact) mass is 387 g/mol. The lowest BCUT2D eigenvalue weighted by Crippen LogP contribution is -2.05. The first-order chi connectivity index (χ1) is 12.5. The summed E-state index contributed by atoms with van der Waals surface area (Å²) in [6.45, 7) is 6.15. The van der Waals surface area contributed by atoms with Gasteiger partial charge in [0, 0.05) is 41.2 Å². The molecule has 4 nitrogen and oxygen atoms in total. The molecule has 2 aromatic heterocycles. The number of halogens is 2. The normalized spacial score (nSPS) is 14.2. The summed E-state index contributed by atoms with van der Waals surface area (Å²) >= 11 is 12.3. The highest BCUT2D eigenvalue weighted by Gasteiger charge is 2.22. The molecule has 26 heavy (non-hydrogen) atoms. The second-order valence-electron chi connectivity index (χ2n) is 6.51. The summed E-state index contributed by atoms with van der Waals surface area (Å²) < 4.78 is 7.94. The molecular weight excluding hydrogens is 369 g/mol. The third kappa shape index (κ3) is 3.25. The minimum absolute atomic E-state index is 0.531. The van der Waals surface area contributed by atoms with E-state index < -0.39 is 0 Å². The maximum atomic E-state index is 6.24. The average Bonchev–Trinajstić information content (AvgIpc) is 2.78. The maximum absolute atomic E-state index is 6.24. The Morgan fingerprint density at radius 3 is 2.42 bits per heavy atom. The van der Waals surface area contributed by atoms with Crippen LogP contribution in [-0.4, -0.2) is 27.7 Å². The fraction of sp³-hybridized carbons (Fsp3) is 0.300. The molecule has 0 saturated carbocycles. The zero-order chi connectivity index (χ0) is 18.3. The minimum atomic E-state index is 0.531. The van der Waals surface area contributed by atoms with Gasteiger partial charge in [-0.1, -0.05) is 23.2 Å². The van der Waals surface area contributed by atoms with Gasteiger partial charge in [-0.3, -0.25) is 4.98 Å². The highest BCUT2D eigenvalue weighted by atomic mass is 35.5. The molecule has 1 aromatic carbocycles. The van der Waals surface area contributed by atoms with Gasteiger partial charge in [-0.05, 0) is 44.2 Å². The summed E-state index contributed by atoms with van der Waals surface area (Å²) in [7, 11) is 0. The summed E-state index contributed by atoms with van der Waals surface area (Å²) in [5.74, 6) is 0.895. The summed E-state index contributed by atoms with van der Waals surface area (Å²) in [6.07, 6.45) is 0.823. The van der Waals surface area contributed by atoms with Gasteiger partial charge in [-0.25, -0.2) is 4.98 Å². The van der Waals surface area contributed by atoms with Crippen molar-refractivity contribution in [1.29, 1.82) is 0 Å². The Hall–Kier alpha value is -1.88. The number of benzene rings is 1. The maximum Gasteiger partial charge on any atom is 0.141 e. The van der Waals surface area contributed by atoms with E-state index in [4.69, 9.17) is 32.9 Å². The number of aromatic nitrogens is 3. The number of imidazole rings is 1. The van der Waals surface area contributed by atoms with Crippen molar-refractivity contribution in [3.8, 4) is 22.6 Å². The molecule has 0 aliphatic carbocycles. The van der Waals surface area contributed by atoms with Gasteiger partial charge in [0.05, 0.1) is 29.0 Å². The van der Waals surface area contributed by atoms with Crippen molar-refractivity contribution in [3.63, 3.8) is 0 Å². The molecular formula is C20H19Cl2N3O. The molecule has 0 saturated heterocycles. The molecule has 0 fully saturated rings. The third-order valence-electron chi connectivity index (χ3n) is 4.55. The number of fused-ring (bicyclic) bond motifs is 1. The lowest BCUT2D eigenvalue weighted by Gasteiger charge is -2.09. The topological polar surface area (TPSA) is 39.9 Å². The summed E-state index contributed by atoms with van der Waals surface area (Å²) in [4.78, 5) is 9.49. The van der Waals surface area contributed by atoms with Gasteiger partial charge in [0.2, 0.25) is 0 Å². The smallest absolute Gasteiger partial charge is 0.141 e. The molecule has 1 aliphatic heterocycles. The SMILES string of the molecule is Cc1cc(-c2nc(-c3ccc(Cl)c(Cl)c3)n3c2CCOCC3)cc(C)n1. The van der Waals surface area contributed by atoms with Gasteiger partial charge < -0.3 is 9.30 Å². The van der Waals surface area contributed by atoms with Crippen molar-refractivity contribution in [2.24, 2.45) is 0 Å². The number of hydrogen-bond donors (Lipinski definition) is 0. The van der Waals surface area contributed by atoms with Crippen molar-refractivity contribution in [3.05, 3.63) is 57.5 Å². The summed E-state index contributed by atoms with van der Waals surface area (Å²) in [5, 5.41) is 1.07. The van der Waals surface area contributed by atoms with E-state index in [1.54, 1.807) is 0 Å². The largest absolute Gasteiger partial charge is 0.379 e. The lowest BCUT2D eigenvalue weighted by atomic mass is 10.1. The van der Waals surface area contributed by atoms with E-state index in [0.717, 1.165) is 47.0 Å². The van der Waals surface area contributed by atoms with E-state index in [0.29, 0.717) is 23.3 Å². The van der Waals surface area contributed by atoms with Gasteiger partial charge in [0.15, 0.2) is 0 Å². The molecule has 3 heterocycles. The van der Waals surface area contributed by atoms with Crippen molar-refractivity contribution >= 4 is 23.2 Å². The van der Waals surface area contributed by atoms with E-state index in [2.05, 4.69) is 21.7 Å². The molecule has 3 aromatic rings. The van der Waals surface area contributed by atoms with E-state index in [-0.39, 0.29) is 0 Å². The molecule has 134 valence electrons. The number of ether oxygens (including phenoxy) is 1. The number of pyridine rings is 1. The van der Waals surface area contributed by atoms with Crippen LogP contribution in [0.3, 0.4) is 0 Å². The van der Waals surface area contributed by atoms with Crippen molar-refractivity contribution in [2.75, 3.05) is 13.2 Å². The first-order valence-electron chi connectivity index (χ1n) is 8.61. The van der Waals surface area contributed by atoms with E-state index in [1.807, 2.05) is 32.0 Å². The van der Waals surface area contributed by atoms with E-state index >= 15 is 0 Å². The van der Waals surface area contributed by atoms with Crippen LogP contribution in [0, 0.1) is 13.8 Å². The van der Waals surface area contributed by atoms with Gasteiger partial charge in [0.25, 0.3) is 0 Å². The standard InChI is InChI=1S/C20H19Cl2N3O/c1-12-9-15(10-13(2)23-12)19-18-5-7-26-8-6-25(18)20(24-19)14-3-4-16(21)17(22)11-14/h3-4,9-11H,5-8H2,1-2H3. The van der Waals surface area contributed by atoms with Gasteiger partial charge >= 0.3 is 0 Å². The second kappa shape index (κ2) is 7.03. The predicted molar refractivity (Wildman–Crippen MR) is 105 cm³/mol. The molecule has 0 atom stereocenters. The van der Waals surface area contributed by atoms with Crippen LogP contribution in [0.15, 0.2) is 30.3 Å². The van der Waals surface area contributed by atoms with Crippen LogP contribution in [-0.2, 0) is 17.7 Å². The Morgan fingerprint density at radius 2 is 1.69 bits per heavy atom. The Bertz CT molecular complexity index is 961. The quantitative estimate of drug-likeness (QED) is 0.613. The average molecular weight is 388 g/mol. The molecule has 0 bridgehead atoms. The number of hydrogen-bond acceptors (Lipinski definition) is 3. The van der Waals surface area contributed by atoms with Crippen LogP contribution in [0.4, 0.5) is 0 Å².